The zero-order chi connectivity index (χ0) is 14.2. The van der Waals surface area contributed by atoms with E-state index in [1.807, 2.05) is 0 Å². The summed E-state index contributed by atoms with van der Waals surface area (Å²) in [5.41, 5.74) is 0.692. The van der Waals surface area contributed by atoms with E-state index in [0.717, 1.165) is 4.47 Å². The summed E-state index contributed by atoms with van der Waals surface area (Å²) in [6.07, 6.45) is 0. The number of primary sulfonamides is 1. The summed E-state index contributed by atoms with van der Waals surface area (Å²) in [7, 11) is -0.799. The van der Waals surface area contributed by atoms with Crippen LogP contribution in [0.15, 0.2) is 27.8 Å². The molecule has 0 spiro atoms. The lowest BCUT2D eigenvalue weighted by Crippen LogP contribution is -2.17. The second kappa shape index (κ2) is 4.91. The zero-order valence-corrected chi connectivity index (χ0v) is 12.6. The molecule has 0 aliphatic carbocycles. The molecule has 2 rings (SSSR count). The summed E-state index contributed by atoms with van der Waals surface area (Å²) >= 11 is 3.35. The number of methoxy groups -OCH3 is 1. The number of hydrogen-bond donors (Lipinski definition) is 1. The number of halogens is 1. The molecule has 7 nitrogen and oxygen atoms in total. The van der Waals surface area contributed by atoms with Gasteiger partial charge in [0.05, 0.1) is 11.6 Å². The maximum Gasteiger partial charge on any atom is 0.273 e. The molecule has 1 heterocycles. The van der Waals surface area contributed by atoms with E-state index in [2.05, 4.69) is 26.1 Å². The second-order valence-corrected chi connectivity index (χ2v) is 6.07. The van der Waals surface area contributed by atoms with Gasteiger partial charge in [0, 0.05) is 12.6 Å². The monoisotopic (exact) mass is 346 g/mol. The van der Waals surface area contributed by atoms with Crippen LogP contribution in [0.1, 0.15) is 0 Å². The quantitative estimate of drug-likeness (QED) is 0.889. The van der Waals surface area contributed by atoms with Crippen LogP contribution in [0.3, 0.4) is 0 Å². The molecule has 19 heavy (non-hydrogen) atoms. The number of hydrogen-bond acceptors (Lipinski definition) is 5. The third-order valence-electron chi connectivity index (χ3n) is 2.50. The Hall–Kier alpha value is -1.45. The molecule has 0 saturated heterocycles. The van der Waals surface area contributed by atoms with Crippen LogP contribution in [0.25, 0.3) is 11.4 Å². The van der Waals surface area contributed by atoms with Crippen molar-refractivity contribution in [3.63, 3.8) is 0 Å². The molecule has 1 aromatic carbocycles. The number of benzene rings is 1. The SMILES string of the molecule is COc1ccc(-c2nnc(S(N)(=O)=O)n2C)cc1Br. The highest BCUT2D eigenvalue weighted by molar-refractivity contribution is 9.10. The lowest BCUT2D eigenvalue weighted by atomic mass is 10.2. The molecule has 9 heteroatoms. The van der Waals surface area contributed by atoms with E-state index >= 15 is 0 Å². The van der Waals surface area contributed by atoms with Crippen molar-refractivity contribution in [3.8, 4) is 17.1 Å². The molecule has 0 atom stereocenters. The number of rotatable bonds is 3. The average molecular weight is 347 g/mol. The van der Waals surface area contributed by atoms with Gasteiger partial charge in [0.25, 0.3) is 15.2 Å². The summed E-state index contributed by atoms with van der Waals surface area (Å²) in [4.78, 5) is 0. The van der Waals surface area contributed by atoms with Crippen molar-refractivity contribution in [2.24, 2.45) is 12.2 Å². The van der Waals surface area contributed by atoms with Gasteiger partial charge in [-0.05, 0) is 34.1 Å². The molecule has 0 aliphatic heterocycles. The normalized spacial score (nSPS) is 11.6. The predicted octanol–water partition coefficient (Wildman–Crippen LogP) is 0.901. The fraction of sp³-hybridized carbons (Fsp3) is 0.200. The highest BCUT2D eigenvalue weighted by Gasteiger charge is 2.19. The fourth-order valence-electron chi connectivity index (χ4n) is 1.62. The van der Waals surface area contributed by atoms with E-state index in [1.54, 1.807) is 25.3 Å². The van der Waals surface area contributed by atoms with Crippen LogP contribution < -0.4 is 9.88 Å². The molecule has 0 radical (unpaired) electrons. The maximum atomic E-state index is 11.3. The molecule has 2 N–H and O–H groups in total. The minimum Gasteiger partial charge on any atom is -0.496 e. The number of ether oxygens (including phenoxy) is 1. The second-order valence-electron chi connectivity index (χ2n) is 3.76. The van der Waals surface area contributed by atoms with Crippen LogP contribution in [-0.2, 0) is 17.1 Å². The third-order valence-corrected chi connectivity index (χ3v) is 3.98. The van der Waals surface area contributed by atoms with Gasteiger partial charge in [0.15, 0.2) is 5.82 Å². The fourth-order valence-corrected chi connectivity index (χ4v) is 2.78. The Kier molecular flexibility index (Phi) is 3.61. The molecule has 0 fully saturated rings. The summed E-state index contributed by atoms with van der Waals surface area (Å²) < 4.78 is 29.8. The minimum absolute atomic E-state index is 0.283. The Morgan fingerprint density at radius 3 is 2.53 bits per heavy atom. The number of nitrogens with zero attached hydrogens (tertiary/aromatic N) is 3. The smallest absolute Gasteiger partial charge is 0.273 e. The van der Waals surface area contributed by atoms with Crippen molar-refractivity contribution in [1.82, 2.24) is 14.8 Å². The van der Waals surface area contributed by atoms with Crippen molar-refractivity contribution in [2.45, 2.75) is 5.16 Å². The van der Waals surface area contributed by atoms with E-state index in [9.17, 15) is 8.42 Å². The first kappa shape index (κ1) is 14.0. The molecule has 0 saturated carbocycles. The Bertz CT molecular complexity index is 726. The Morgan fingerprint density at radius 2 is 2.05 bits per heavy atom. The molecule has 0 bridgehead atoms. The molecule has 0 unspecified atom stereocenters. The topological polar surface area (TPSA) is 100 Å². The van der Waals surface area contributed by atoms with E-state index in [-0.39, 0.29) is 5.16 Å². The standard InChI is InChI=1S/C10H11BrN4O3S/c1-15-9(13-14-10(15)19(12,16)17)6-3-4-8(18-2)7(11)5-6/h3-5H,1-2H3,(H2,12,16,17). The van der Waals surface area contributed by atoms with Crippen LogP contribution in [-0.4, -0.2) is 30.3 Å². The Labute approximate surface area is 118 Å². The Morgan fingerprint density at radius 1 is 1.37 bits per heavy atom. The highest BCUT2D eigenvalue weighted by Crippen LogP contribution is 2.29. The Balaban J connectivity index is 2.55. The lowest BCUT2D eigenvalue weighted by Gasteiger charge is -2.06. The van der Waals surface area contributed by atoms with Crippen molar-refractivity contribution in [1.29, 1.82) is 0 Å². The van der Waals surface area contributed by atoms with Crippen molar-refractivity contribution in [3.05, 3.63) is 22.7 Å². The van der Waals surface area contributed by atoms with Crippen molar-refractivity contribution >= 4 is 26.0 Å². The minimum atomic E-state index is -3.89. The van der Waals surface area contributed by atoms with Crippen molar-refractivity contribution in [2.75, 3.05) is 7.11 Å². The summed E-state index contributed by atoms with van der Waals surface area (Å²) in [6, 6.07) is 5.25. The van der Waals surface area contributed by atoms with Gasteiger partial charge in [-0.25, -0.2) is 13.6 Å². The first-order chi connectivity index (χ1) is 8.84. The summed E-state index contributed by atoms with van der Waals surface area (Å²) in [6.45, 7) is 0. The average Bonchev–Trinajstić information content (AvgIpc) is 2.70. The predicted molar refractivity (Wildman–Crippen MR) is 72.1 cm³/mol. The third kappa shape index (κ3) is 2.62. The number of nitrogens with two attached hydrogens (primary N) is 1. The van der Waals surface area contributed by atoms with Gasteiger partial charge < -0.3 is 4.74 Å². The van der Waals surface area contributed by atoms with E-state index in [4.69, 9.17) is 9.88 Å². The molecular weight excluding hydrogens is 336 g/mol. The van der Waals surface area contributed by atoms with Crippen LogP contribution in [0.5, 0.6) is 5.75 Å². The van der Waals surface area contributed by atoms with Gasteiger partial charge in [0.2, 0.25) is 0 Å². The van der Waals surface area contributed by atoms with E-state index in [1.165, 1.54) is 11.6 Å². The first-order valence-electron chi connectivity index (χ1n) is 5.10. The van der Waals surface area contributed by atoms with Gasteiger partial charge in [-0.15, -0.1) is 10.2 Å². The molecule has 1 aromatic heterocycles. The van der Waals surface area contributed by atoms with Crippen LogP contribution in [0.2, 0.25) is 0 Å². The zero-order valence-electron chi connectivity index (χ0n) is 10.2. The maximum absolute atomic E-state index is 11.3. The van der Waals surface area contributed by atoms with Gasteiger partial charge in [-0.1, -0.05) is 0 Å². The van der Waals surface area contributed by atoms with Gasteiger partial charge in [-0.2, -0.15) is 0 Å². The van der Waals surface area contributed by atoms with Crippen LogP contribution >= 0.6 is 15.9 Å². The molecular formula is C10H11BrN4O3S. The molecule has 0 amide bonds. The van der Waals surface area contributed by atoms with Crippen LogP contribution in [0.4, 0.5) is 0 Å². The van der Waals surface area contributed by atoms with Gasteiger partial charge in [0.1, 0.15) is 5.75 Å². The highest BCUT2D eigenvalue weighted by atomic mass is 79.9. The van der Waals surface area contributed by atoms with Gasteiger partial charge >= 0.3 is 0 Å². The van der Waals surface area contributed by atoms with Gasteiger partial charge in [-0.3, -0.25) is 4.57 Å². The number of sulfonamides is 1. The van der Waals surface area contributed by atoms with E-state index < -0.39 is 10.0 Å². The summed E-state index contributed by atoms with van der Waals surface area (Å²) in [5, 5.41) is 12.2. The number of aromatic nitrogens is 3. The van der Waals surface area contributed by atoms with Crippen LogP contribution in [0, 0.1) is 0 Å². The molecule has 2 aromatic rings. The summed E-state index contributed by atoms with van der Waals surface area (Å²) in [5.74, 6) is 1.06. The largest absolute Gasteiger partial charge is 0.496 e. The van der Waals surface area contributed by atoms with E-state index in [0.29, 0.717) is 17.1 Å². The molecule has 102 valence electrons. The van der Waals surface area contributed by atoms with Crippen molar-refractivity contribution < 1.29 is 13.2 Å². The molecule has 0 aliphatic rings. The first-order valence-corrected chi connectivity index (χ1v) is 7.44. The lowest BCUT2D eigenvalue weighted by molar-refractivity contribution is 0.412.